The molecule has 0 radical (unpaired) electrons. The highest BCUT2D eigenvalue weighted by Gasteiger charge is 2.23. The number of hydrogen-bond acceptors (Lipinski definition) is 5. The van der Waals surface area contributed by atoms with Gasteiger partial charge in [-0.3, -0.25) is 10.1 Å². The topological polar surface area (TPSA) is 98.5 Å². The first-order valence-electron chi connectivity index (χ1n) is 7.04. The van der Waals surface area contributed by atoms with Crippen LogP contribution in [0.4, 0.5) is 10.1 Å². The number of hydrogen-bond donors (Lipinski definition) is 1. The second-order valence-electron chi connectivity index (χ2n) is 5.34. The fourth-order valence-corrected chi connectivity index (χ4v) is 3.38. The van der Waals surface area contributed by atoms with E-state index in [0.717, 1.165) is 24.3 Å². The molecule has 0 saturated carbocycles. The minimum atomic E-state index is -3.90. The van der Waals surface area contributed by atoms with Crippen molar-refractivity contribution in [2.75, 3.05) is 0 Å². The van der Waals surface area contributed by atoms with E-state index in [1.165, 1.54) is 12.1 Å². The molecule has 0 aliphatic carbocycles. The second-order valence-corrected chi connectivity index (χ2v) is 7.46. The van der Waals surface area contributed by atoms with Crippen molar-refractivity contribution in [3.63, 3.8) is 0 Å². The van der Waals surface area contributed by atoms with E-state index >= 15 is 0 Å². The molecule has 2 aromatic rings. The fourth-order valence-electron chi connectivity index (χ4n) is 1.94. The maximum Gasteiger partial charge on any atom is 0.312 e. The van der Waals surface area contributed by atoms with Crippen molar-refractivity contribution in [3.8, 4) is 11.5 Å². The Morgan fingerprint density at radius 2 is 1.92 bits per heavy atom. The van der Waals surface area contributed by atoms with E-state index in [1.807, 2.05) is 0 Å². The van der Waals surface area contributed by atoms with Crippen molar-refractivity contribution in [1.29, 1.82) is 0 Å². The monoisotopic (exact) mass is 388 g/mol. The summed E-state index contributed by atoms with van der Waals surface area (Å²) >= 11 is 5.64. The number of ether oxygens (including phenoxy) is 1. The Balaban J connectivity index is 2.43. The van der Waals surface area contributed by atoms with Gasteiger partial charge in [0.25, 0.3) is 0 Å². The minimum Gasteiger partial charge on any atom is -0.450 e. The van der Waals surface area contributed by atoms with Gasteiger partial charge in [-0.05, 0) is 38.1 Å². The molecule has 0 saturated heterocycles. The molecule has 0 bridgehead atoms. The summed E-state index contributed by atoms with van der Waals surface area (Å²) in [6.07, 6.45) is 0. The smallest absolute Gasteiger partial charge is 0.312 e. The van der Waals surface area contributed by atoms with Gasteiger partial charge in [-0.15, -0.1) is 0 Å². The second kappa shape index (κ2) is 7.34. The lowest BCUT2D eigenvalue weighted by Gasteiger charge is -2.11. The third-order valence-electron chi connectivity index (χ3n) is 2.95. The van der Waals surface area contributed by atoms with E-state index < -0.39 is 26.5 Å². The van der Waals surface area contributed by atoms with E-state index in [0.29, 0.717) is 0 Å². The Labute approximate surface area is 148 Å². The van der Waals surface area contributed by atoms with Gasteiger partial charge in [0, 0.05) is 18.2 Å². The van der Waals surface area contributed by atoms with Gasteiger partial charge < -0.3 is 4.74 Å². The Kier molecular flexibility index (Phi) is 5.61. The SMILES string of the molecule is CC(C)NS(=O)(=O)c1ccc(Oc2ccc(F)c(Cl)c2)c([N+](=O)[O-])c1. The summed E-state index contributed by atoms with van der Waals surface area (Å²) in [5, 5.41) is 11.1. The Morgan fingerprint density at radius 1 is 1.24 bits per heavy atom. The van der Waals surface area contributed by atoms with E-state index in [4.69, 9.17) is 16.3 Å². The third kappa shape index (κ3) is 4.65. The quantitative estimate of drug-likeness (QED) is 0.598. The van der Waals surface area contributed by atoms with Crippen LogP contribution in [0.3, 0.4) is 0 Å². The molecule has 134 valence electrons. The number of nitro benzene ring substituents is 1. The van der Waals surface area contributed by atoms with E-state index in [1.54, 1.807) is 13.8 Å². The average molecular weight is 389 g/mol. The van der Waals surface area contributed by atoms with Gasteiger partial charge in [-0.1, -0.05) is 11.6 Å². The van der Waals surface area contributed by atoms with Crippen LogP contribution in [0.25, 0.3) is 0 Å². The molecule has 7 nitrogen and oxygen atoms in total. The maximum absolute atomic E-state index is 13.2. The Hall–Kier alpha value is -2.23. The molecule has 10 heteroatoms. The third-order valence-corrected chi connectivity index (χ3v) is 4.89. The normalized spacial score (nSPS) is 11.6. The van der Waals surface area contributed by atoms with Crippen LogP contribution in [0.1, 0.15) is 13.8 Å². The molecular weight excluding hydrogens is 375 g/mol. The van der Waals surface area contributed by atoms with Crippen LogP contribution in [0.2, 0.25) is 5.02 Å². The zero-order chi connectivity index (χ0) is 18.8. The first kappa shape index (κ1) is 19.1. The van der Waals surface area contributed by atoms with Crippen LogP contribution in [0.5, 0.6) is 11.5 Å². The summed E-state index contributed by atoms with van der Waals surface area (Å²) in [5.74, 6) is -0.786. The van der Waals surface area contributed by atoms with Crippen molar-refractivity contribution in [3.05, 3.63) is 57.4 Å². The minimum absolute atomic E-state index is 0.0745. The summed E-state index contributed by atoms with van der Waals surface area (Å²) in [4.78, 5) is 10.2. The van der Waals surface area contributed by atoms with E-state index in [2.05, 4.69) is 4.72 Å². The zero-order valence-corrected chi connectivity index (χ0v) is 14.8. The molecule has 25 heavy (non-hydrogen) atoms. The summed E-state index contributed by atoms with van der Waals surface area (Å²) in [5.41, 5.74) is -0.549. The standard InChI is InChI=1S/C15H14ClFN2O5S/c1-9(2)18-25(22,23)11-4-6-15(14(8-11)19(20)21)24-10-3-5-13(17)12(16)7-10/h3-9,18H,1-2H3. The summed E-state index contributed by atoms with van der Waals surface area (Å²) in [6.45, 7) is 3.25. The van der Waals surface area contributed by atoms with Gasteiger partial charge in [0.15, 0.2) is 0 Å². The van der Waals surface area contributed by atoms with E-state index in [-0.39, 0.29) is 27.5 Å². The Morgan fingerprint density at radius 3 is 2.48 bits per heavy atom. The van der Waals surface area contributed by atoms with Gasteiger partial charge in [-0.25, -0.2) is 17.5 Å². The van der Waals surface area contributed by atoms with Gasteiger partial charge in [0.1, 0.15) is 11.6 Å². The molecule has 0 aliphatic rings. The number of halogens is 2. The van der Waals surface area contributed by atoms with Gasteiger partial charge in [0.2, 0.25) is 15.8 Å². The zero-order valence-electron chi connectivity index (χ0n) is 13.2. The van der Waals surface area contributed by atoms with Crippen molar-refractivity contribution in [1.82, 2.24) is 4.72 Å². The fraction of sp³-hybridized carbons (Fsp3) is 0.200. The van der Waals surface area contributed by atoms with Crippen molar-refractivity contribution in [2.24, 2.45) is 0 Å². The highest BCUT2D eigenvalue weighted by atomic mass is 35.5. The predicted octanol–water partition coefficient (Wildman–Crippen LogP) is 3.87. The number of rotatable bonds is 6. The van der Waals surface area contributed by atoms with Crippen molar-refractivity contribution < 1.29 is 22.5 Å². The summed E-state index contributed by atoms with van der Waals surface area (Å²) in [7, 11) is -3.90. The molecule has 0 spiro atoms. The predicted molar refractivity (Wildman–Crippen MR) is 90.0 cm³/mol. The van der Waals surface area contributed by atoms with Crippen molar-refractivity contribution in [2.45, 2.75) is 24.8 Å². The van der Waals surface area contributed by atoms with Crippen molar-refractivity contribution >= 4 is 27.3 Å². The molecule has 0 unspecified atom stereocenters. The number of nitrogens with zero attached hydrogens (tertiary/aromatic N) is 1. The molecule has 0 heterocycles. The van der Waals surface area contributed by atoms with Crippen LogP contribution in [0.15, 0.2) is 41.3 Å². The lowest BCUT2D eigenvalue weighted by atomic mass is 10.3. The molecule has 0 amide bonds. The first-order chi connectivity index (χ1) is 11.6. The van der Waals surface area contributed by atoms with Crippen LogP contribution in [0, 0.1) is 15.9 Å². The maximum atomic E-state index is 13.2. The van der Waals surface area contributed by atoms with Gasteiger partial charge in [0.05, 0.1) is 14.8 Å². The largest absolute Gasteiger partial charge is 0.450 e. The van der Waals surface area contributed by atoms with Crippen LogP contribution < -0.4 is 9.46 Å². The Bertz CT molecular complexity index is 918. The first-order valence-corrected chi connectivity index (χ1v) is 8.90. The number of benzene rings is 2. The van der Waals surface area contributed by atoms with Gasteiger partial charge in [-0.2, -0.15) is 0 Å². The van der Waals surface area contributed by atoms with Crippen LogP contribution in [-0.2, 0) is 10.0 Å². The van der Waals surface area contributed by atoms with Gasteiger partial charge >= 0.3 is 5.69 Å². The molecule has 1 N–H and O–H groups in total. The molecule has 0 atom stereocenters. The molecular formula is C15H14ClFN2O5S. The summed E-state index contributed by atoms with van der Waals surface area (Å²) in [6, 6.07) is 6.31. The lowest BCUT2D eigenvalue weighted by molar-refractivity contribution is -0.385. The summed E-state index contributed by atoms with van der Waals surface area (Å²) < 4.78 is 45.1. The molecule has 2 aromatic carbocycles. The highest BCUT2D eigenvalue weighted by Crippen LogP contribution is 2.34. The molecule has 0 aliphatic heterocycles. The number of nitro groups is 1. The van der Waals surface area contributed by atoms with Crippen LogP contribution >= 0.6 is 11.6 Å². The average Bonchev–Trinajstić information content (AvgIpc) is 2.49. The lowest BCUT2D eigenvalue weighted by Crippen LogP contribution is -2.30. The van der Waals surface area contributed by atoms with E-state index in [9.17, 15) is 22.9 Å². The molecule has 2 rings (SSSR count). The highest BCUT2D eigenvalue weighted by molar-refractivity contribution is 7.89. The number of sulfonamides is 1. The molecule has 0 aromatic heterocycles. The molecule has 0 fully saturated rings. The van der Waals surface area contributed by atoms with Crippen LogP contribution in [-0.4, -0.2) is 19.4 Å². The number of nitrogens with one attached hydrogen (secondary N) is 1.